The summed E-state index contributed by atoms with van der Waals surface area (Å²) in [6.45, 7) is 0. The van der Waals surface area contributed by atoms with Gasteiger partial charge in [0, 0.05) is 6.04 Å². The van der Waals surface area contributed by atoms with Crippen molar-refractivity contribution in [3.63, 3.8) is 0 Å². The van der Waals surface area contributed by atoms with Crippen molar-refractivity contribution in [1.82, 2.24) is 5.32 Å². The van der Waals surface area contributed by atoms with Crippen molar-refractivity contribution in [2.75, 3.05) is 14.2 Å². The zero-order valence-corrected chi connectivity index (χ0v) is 13.4. The Kier molecular flexibility index (Phi) is 6.18. The zero-order valence-electron chi connectivity index (χ0n) is 12.6. The number of rotatable bonds is 5. The molecule has 1 N–H and O–H groups in total. The lowest BCUT2D eigenvalue weighted by Gasteiger charge is -2.23. The molecule has 3 heteroatoms. The largest absolute Gasteiger partial charge is 0.495 e. The summed E-state index contributed by atoms with van der Waals surface area (Å²) in [6, 6.07) is 6.51. The SMILES string of the molecule is CNC(CC1CCCCCC1)c1ccc(Cl)c(OC)c1. The molecule has 1 fully saturated rings. The summed E-state index contributed by atoms with van der Waals surface area (Å²) in [6.07, 6.45) is 9.58. The Morgan fingerprint density at radius 1 is 1.25 bits per heavy atom. The third-order valence-corrected chi connectivity index (χ3v) is 4.78. The van der Waals surface area contributed by atoms with Crippen molar-refractivity contribution in [3.05, 3.63) is 28.8 Å². The second kappa shape index (κ2) is 7.90. The van der Waals surface area contributed by atoms with Gasteiger partial charge in [0.2, 0.25) is 0 Å². The van der Waals surface area contributed by atoms with Gasteiger partial charge in [0.25, 0.3) is 0 Å². The molecule has 1 aliphatic carbocycles. The predicted molar refractivity (Wildman–Crippen MR) is 85.6 cm³/mol. The fourth-order valence-corrected chi connectivity index (χ4v) is 3.44. The molecule has 0 bridgehead atoms. The van der Waals surface area contributed by atoms with Gasteiger partial charge >= 0.3 is 0 Å². The van der Waals surface area contributed by atoms with Gasteiger partial charge in [0.1, 0.15) is 5.75 Å². The smallest absolute Gasteiger partial charge is 0.137 e. The molecule has 1 saturated carbocycles. The van der Waals surface area contributed by atoms with Crippen LogP contribution in [-0.2, 0) is 0 Å². The minimum Gasteiger partial charge on any atom is -0.495 e. The first kappa shape index (κ1) is 15.7. The molecular weight excluding hydrogens is 270 g/mol. The summed E-state index contributed by atoms with van der Waals surface area (Å²) >= 11 is 6.11. The minimum atomic E-state index is 0.393. The summed E-state index contributed by atoms with van der Waals surface area (Å²) in [5.41, 5.74) is 1.28. The summed E-state index contributed by atoms with van der Waals surface area (Å²) in [5.74, 6) is 1.61. The van der Waals surface area contributed by atoms with E-state index >= 15 is 0 Å². The van der Waals surface area contributed by atoms with Crippen LogP contribution < -0.4 is 10.1 Å². The fourth-order valence-electron chi connectivity index (χ4n) is 3.25. The van der Waals surface area contributed by atoms with Crippen LogP contribution in [0.4, 0.5) is 0 Å². The molecule has 2 nitrogen and oxygen atoms in total. The lowest BCUT2D eigenvalue weighted by atomic mass is 9.89. The fraction of sp³-hybridized carbons (Fsp3) is 0.647. The van der Waals surface area contributed by atoms with Crippen molar-refractivity contribution in [2.24, 2.45) is 5.92 Å². The number of ether oxygens (including phenoxy) is 1. The lowest BCUT2D eigenvalue weighted by Crippen LogP contribution is -2.20. The molecular formula is C17H26ClNO. The lowest BCUT2D eigenvalue weighted by molar-refractivity contribution is 0.366. The van der Waals surface area contributed by atoms with Gasteiger partial charge < -0.3 is 10.1 Å². The molecule has 2 rings (SSSR count). The van der Waals surface area contributed by atoms with Gasteiger partial charge in [-0.25, -0.2) is 0 Å². The topological polar surface area (TPSA) is 21.3 Å². The molecule has 1 aliphatic rings. The minimum absolute atomic E-state index is 0.393. The molecule has 0 spiro atoms. The maximum Gasteiger partial charge on any atom is 0.137 e. The molecule has 1 unspecified atom stereocenters. The molecule has 1 atom stereocenters. The van der Waals surface area contributed by atoms with E-state index in [1.54, 1.807) is 7.11 Å². The first-order valence-electron chi connectivity index (χ1n) is 7.75. The quantitative estimate of drug-likeness (QED) is 0.774. The highest BCUT2D eigenvalue weighted by Crippen LogP contribution is 2.33. The summed E-state index contributed by atoms with van der Waals surface area (Å²) in [7, 11) is 3.72. The van der Waals surface area contributed by atoms with Crippen LogP contribution in [0.25, 0.3) is 0 Å². The van der Waals surface area contributed by atoms with Crippen molar-refractivity contribution >= 4 is 11.6 Å². The van der Waals surface area contributed by atoms with Gasteiger partial charge in [-0.1, -0.05) is 56.2 Å². The number of nitrogens with one attached hydrogen (secondary N) is 1. The maximum atomic E-state index is 6.11. The van der Waals surface area contributed by atoms with E-state index in [1.165, 1.54) is 50.5 Å². The highest BCUT2D eigenvalue weighted by Gasteiger charge is 2.19. The van der Waals surface area contributed by atoms with Crippen LogP contribution in [0.1, 0.15) is 56.6 Å². The Morgan fingerprint density at radius 2 is 1.95 bits per heavy atom. The molecule has 0 heterocycles. The van der Waals surface area contributed by atoms with E-state index in [4.69, 9.17) is 16.3 Å². The second-order valence-corrected chi connectivity index (χ2v) is 6.24. The molecule has 0 radical (unpaired) electrons. The third kappa shape index (κ3) is 4.13. The first-order valence-corrected chi connectivity index (χ1v) is 8.13. The number of benzene rings is 1. The van der Waals surface area contributed by atoms with Gasteiger partial charge in [-0.3, -0.25) is 0 Å². The summed E-state index contributed by atoms with van der Waals surface area (Å²) < 4.78 is 5.33. The van der Waals surface area contributed by atoms with Crippen LogP contribution in [0.5, 0.6) is 5.75 Å². The second-order valence-electron chi connectivity index (χ2n) is 5.83. The van der Waals surface area contributed by atoms with Crippen LogP contribution in [0.3, 0.4) is 0 Å². The molecule has 0 aromatic heterocycles. The third-order valence-electron chi connectivity index (χ3n) is 4.47. The van der Waals surface area contributed by atoms with E-state index in [2.05, 4.69) is 17.4 Å². The Labute approximate surface area is 127 Å². The number of methoxy groups -OCH3 is 1. The van der Waals surface area contributed by atoms with E-state index in [-0.39, 0.29) is 0 Å². The van der Waals surface area contributed by atoms with E-state index in [1.807, 2.05) is 13.1 Å². The Bertz CT molecular complexity index is 413. The van der Waals surface area contributed by atoms with E-state index < -0.39 is 0 Å². The van der Waals surface area contributed by atoms with Crippen LogP contribution in [0.15, 0.2) is 18.2 Å². The highest BCUT2D eigenvalue weighted by molar-refractivity contribution is 6.32. The van der Waals surface area contributed by atoms with Crippen LogP contribution >= 0.6 is 11.6 Å². The van der Waals surface area contributed by atoms with Gasteiger partial charge in [0.05, 0.1) is 12.1 Å². The van der Waals surface area contributed by atoms with Crippen LogP contribution in [0.2, 0.25) is 5.02 Å². The number of halogens is 1. The predicted octanol–water partition coefficient (Wildman–Crippen LogP) is 4.97. The highest BCUT2D eigenvalue weighted by atomic mass is 35.5. The van der Waals surface area contributed by atoms with Gasteiger partial charge in [-0.05, 0) is 37.1 Å². The van der Waals surface area contributed by atoms with Crippen molar-refractivity contribution in [3.8, 4) is 5.75 Å². The summed E-state index contributed by atoms with van der Waals surface area (Å²) in [5, 5.41) is 4.14. The standard InChI is InChI=1S/C17H26ClNO/c1-19-16(11-13-7-5-3-4-6-8-13)14-9-10-15(18)17(12-14)20-2/h9-10,12-13,16,19H,3-8,11H2,1-2H3. The average Bonchev–Trinajstić information content (AvgIpc) is 2.74. The molecule has 20 heavy (non-hydrogen) atoms. The Hall–Kier alpha value is -0.730. The molecule has 1 aromatic rings. The van der Waals surface area contributed by atoms with Gasteiger partial charge in [0.15, 0.2) is 0 Å². The molecule has 0 amide bonds. The molecule has 1 aromatic carbocycles. The Morgan fingerprint density at radius 3 is 2.55 bits per heavy atom. The monoisotopic (exact) mass is 295 g/mol. The van der Waals surface area contributed by atoms with E-state index in [0.717, 1.165) is 11.7 Å². The molecule has 0 aliphatic heterocycles. The normalized spacial score (nSPS) is 18.6. The van der Waals surface area contributed by atoms with Crippen LogP contribution in [-0.4, -0.2) is 14.2 Å². The van der Waals surface area contributed by atoms with E-state index in [9.17, 15) is 0 Å². The zero-order chi connectivity index (χ0) is 14.4. The van der Waals surface area contributed by atoms with Crippen molar-refractivity contribution in [2.45, 2.75) is 51.0 Å². The van der Waals surface area contributed by atoms with E-state index in [0.29, 0.717) is 11.1 Å². The number of hydrogen-bond acceptors (Lipinski definition) is 2. The van der Waals surface area contributed by atoms with Gasteiger partial charge in [-0.2, -0.15) is 0 Å². The molecule has 112 valence electrons. The maximum absolute atomic E-state index is 6.11. The number of hydrogen-bond donors (Lipinski definition) is 1. The Balaban J connectivity index is 2.06. The first-order chi connectivity index (χ1) is 9.74. The van der Waals surface area contributed by atoms with Crippen molar-refractivity contribution < 1.29 is 4.74 Å². The summed E-state index contributed by atoms with van der Waals surface area (Å²) in [4.78, 5) is 0. The molecule has 0 saturated heterocycles. The van der Waals surface area contributed by atoms with Crippen molar-refractivity contribution in [1.29, 1.82) is 0 Å². The van der Waals surface area contributed by atoms with Crippen LogP contribution in [0, 0.1) is 5.92 Å². The average molecular weight is 296 g/mol. The van der Waals surface area contributed by atoms with Gasteiger partial charge in [-0.15, -0.1) is 0 Å².